The number of nitrogens with zero attached hydrogens (tertiary/aromatic N) is 4. The van der Waals surface area contributed by atoms with Crippen molar-refractivity contribution in [2.75, 3.05) is 19.7 Å². The first-order valence-corrected chi connectivity index (χ1v) is 13.1. The predicted molar refractivity (Wildman–Crippen MR) is 147 cm³/mol. The molecule has 0 saturated carbocycles. The van der Waals surface area contributed by atoms with Gasteiger partial charge in [-0.15, -0.1) is 0 Å². The maximum atomic E-state index is 13.4. The third-order valence-corrected chi connectivity index (χ3v) is 7.61. The Kier molecular flexibility index (Phi) is 6.51. The minimum atomic E-state index is -0.423. The van der Waals surface area contributed by atoms with E-state index in [1.165, 1.54) is 6.07 Å². The highest BCUT2D eigenvalue weighted by molar-refractivity contribution is 6.20. The van der Waals surface area contributed by atoms with Crippen molar-refractivity contribution in [2.45, 2.75) is 25.8 Å². The van der Waals surface area contributed by atoms with E-state index in [0.717, 1.165) is 37.1 Å². The van der Waals surface area contributed by atoms with E-state index in [2.05, 4.69) is 21.4 Å². The molecule has 39 heavy (non-hydrogen) atoms. The van der Waals surface area contributed by atoms with Gasteiger partial charge < -0.3 is 10.1 Å². The van der Waals surface area contributed by atoms with Crippen LogP contribution in [0.2, 0.25) is 0 Å². The van der Waals surface area contributed by atoms with Gasteiger partial charge in [-0.25, -0.2) is 9.97 Å². The number of carbonyl (C=O) groups is 1. The molecule has 1 aliphatic carbocycles. The quantitative estimate of drug-likeness (QED) is 0.356. The summed E-state index contributed by atoms with van der Waals surface area (Å²) < 4.78 is 7.47. The molecule has 8 nitrogen and oxygen atoms in total. The van der Waals surface area contributed by atoms with Crippen LogP contribution in [0.5, 0.6) is 5.75 Å². The van der Waals surface area contributed by atoms with E-state index in [1.807, 2.05) is 31.2 Å². The normalized spacial score (nSPS) is 15.3. The number of rotatable bonds is 6. The third-order valence-electron chi connectivity index (χ3n) is 7.61. The van der Waals surface area contributed by atoms with Gasteiger partial charge in [0, 0.05) is 22.8 Å². The molecule has 1 saturated heterocycles. The number of nitrogens with one attached hydrogen (secondary N) is 1. The lowest BCUT2D eigenvalue weighted by molar-refractivity contribution is 0.103. The van der Waals surface area contributed by atoms with Gasteiger partial charge in [-0.05, 0) is 80.2 Å². The van der Waals surface area contributed by atoms with Crippen molar-refractivity contribution in [2.24, 2.45) is 5.92 Å². The first-order chi connectivity index (χ1) is 19.0. The summed E-state index contributed by atoms with van der Waals surface area (Å²) in [6, 6.07) is 17.5. The summed E-state index contributed by atoms with van der Waals surface area (Å²) in [4.78, 5) is 35.5. The van der Waals surface area contributed by atoms with Gasteiger partial charge >= 0.3 is 0 Å². The molecule has 0 amide bonds. The standard InChI is InChI=1S/C31H27N5O3/c1-19(36-28(37)8-7-25-27-13-21(15-32)5-6-26(27)30(38)29(25)36)22-3-2-4-23(14-22)31-34-16-24(17-35-31)39-18-20-9-11-33-12-10-20/h2-8,13-14,16-17,19-20,33H,9-12,18H2,1H3/t19-/m1/s1. The Bertz CT molecular complexity index is 1660. The largest absolute Gasteiger partial charge is 0.490 e. The van der Waals surface area contributed by atoms with Crippen molar-refractivity contribution in [1.82, 2.24) is 19.9 Å². The summed E-state index contributed by atoms with van der Waals surface area (Å²) in [5, 5.41) is 12.7. The minimum absolute atomic E-state index is 0.214. The number of fused-ring (bicyclic) bond motifs is 3. The first-order valence-electron chi connectivity index (χ1n) is 13.1. The molecule has 1 fully saturated rings. The molecule has 1 N–H and O–H groups in total. The Morgan fingerprint density at radius 1 is 1.03 bits per heavy atom. The summed E-state index contributed by atoms with van der Waals surface area (Å²) in [6.45, 7) is 4.61. The number of pyridine rings is 1. The number of benzene rings is 2. The van der Waals surface area contributed by atoms with Crippen molar-refractivity contribution in [1.29, 1.82) is 5.26 Å². The monoisotopic (exact) mass is 517 g/mol. The van der Waals surface area contributed by atoms with Gasteiger partial charge in [-0.3, -0.25) is 14.2 Å². The molecular weight excluding hydrogens is 490 g/mol. The molecule has 0 unspecified atom stereocenters. The van der Waals surface area contributed by atoms with Gasteiger partial charge in [0.25, 0.3) is 5.56 Å². The van der Waals surface area contributed by atoms with Crippen molar-refractivity contribution < 1.29 is 9.53 Å². The van der Waals surface area contributed by atoms with Gasteiger partial charge in [0.05, 0.1) is 36.7 Å². The predicted octanol–water partition coefficient (Wildman–Crippen LogP) is 4.38. The molecule has 4 aromatic rings. The van der Waals surface area contributed by atoms with Crippen LogP contribution in [0.3, 0.4) is 0 Å². The zero-order valence-electron chi connectivity index (χ0n) is 21.6. The highest BCUT2D eigenvalue weighted by atomic mass is 16.5. The number of hydrogen-bond acceptors (Lipinski definition) is 7. The van der Waals surface area contributed by atoms with Crippen molar-refractivity contribution in [3.05, 3.63) is 99.7 Å². The van der Waals surface area contributed by atoms with E-state index in [-0.39, 0.29) is 11.3 Å². The SMILES string of the molecule is C[C@H](c1cccc(-c2ncc(OCC3CCNCC3)cn2)c1)n1c2c(ccc1=O)-c1cc(C#N)ccc1C2=O. The van der Waals surface area contributed by atoms with E-state index in [9.17, 15) is 14.9 Å². The van der Waals surface area contributed by atoms with Gasteiger partial charge in [0.1, 0.15) is 5.69 Å². The molecule has 0 bridgehead atoms. The molecule has 1 atom stereocenters. The second-order valence-electron chi connectivity index (χ2n) is 10.1. The number of ether oxygens (including phenoxy) is 1. The average molecular weight is 518 g/mol. The van der Waals surface area contributed by atoms with E-state index in [1.54, 1.807) is 41.2 Å². The summed E-state index contributed by atoms with van der Waals surface area (Å²) in [5.41, 5.74) is 4.04. The number of carbonyl (C=O) groups excluding carboxylic acids is 1. The van der Waals surface area contributed by atoms with Crippen molar-refractivity contribution >= 4 is 5.78 Å². The lowest BCUT2D eigenvalue weighted by Crippen LogP contribution is -2.30. The van der Waals surface area contributed by atoms with Crippen LogP contribution in [0.1, 0.15) is 53.0 Å². The zero-order valence-corrected chi connectivity index (χ0v) is 21.6. The Morgan fingerprint density at radius 3 is 2.56 bits per heavy atom. The molecular formula is C31H27N5O3. The smallest absolute Gasteiger partial charge is 0.251 e. The van der Waals surface area contributed by atoms with Crippen LogP contribution in [-0.2, 0) is 0 Å². The fraction of sp³-hybridized carbons (Fsp3) is 0.258. The topological polar surface area (TPSA) is 110 Å². The number of piperidine rings is 1. The Morgan fingerprint density at radius 2 is 1.79 bits per heavy atom. The molecule has 2 aromatic carbocycles. The number of ketones is 1. The summed E-state index contributed by atoms with van der Waals surface area (Å²) in [7, 11) is 0. The highest BCUT2D eigenvalue weighted by Crippen LogP contribution is 2.38. The van der Waals surface area contributed by atoms with Crippen LogP contribution < -0.4 is 15.6 Å². The Balaban J connectivity index is 1.27. The highest BCUT2D eigenvalue weighted by Gasteiger charge is 2.32. The van der Waals surface area contributed by atoms with E-state index < -0.39 is 6.04 Å². The maximum Gasteiger partial charge on any atom is 0.251 e. The zero-order chi connectivity index (χ0) is 26.9. The number of aromatic nitrogens is 3. The molecule has 0 radical (unpaired) electrons. The van der Waals surface area contributed by atoms with Gasteiger partial charge in [0.15, 0.2) is 11.6 Å². The summed E-state index contributed by atoms with van der Waals surface area (Å²) in [6.07, 6.45) is 5.60. The summed E-state index contributed by atoms with van der Waals surface area (Å²) in [5.74, 6) is 1.52. The maximum absolute atomic E-state index is 13.4. The molecule has 2 aliphatic rings. The van der Waals surface area contributed by atoms with Crippen molar-refractivity contribution in [3.8, 4) is 34.3 Å². The van der Waals surface area contributed by atoms with E-state index in [0.29, 0.717) is 52.0 Å². The number of nitriles is 1. The Hall–Kier alpha value is -4.61. The van der Waals surface area contributed by atoms with Gasteiger partial charge in [0.2, 0.25) is 5.78 Å². The molecule has 1 aliphatic heterocycles. The van der Waals surface area contributed by atoms with E-state index in [4.69, 9.17) is 4.74 Å². The minimum Gasteiger partial charge on any atom is -0.490 e. The number of hydrogen-bond donors (Lipinski definition) is 1. The lowest BCUT2D eigenvalue weighted by Gasteiger charge is -2.22. The van der Waals surface area contributed by atoms with Crippen molar-refractivity contribution in [3.63, 3.8) is 0 Å². The fourth-order valence-electron chi connectivity index (χ4n) is 5.44. The van der Waals surface area contributed by atoms with Crippen LogP contribution in [0.15, 0.2) is 71.8 Å². The Labute approximate surface area is 225 Å². The average Bonchev–Trinajstić information content (AvgIpc) is 3.27. The third kappa shape index (κ3) is 4.62. The fourth-order valence-corrected chi connectivity index (χ4v) is 5.44. The van der Waals surface area contributed by atoms with E-state index >= 15 is 0 Å². The van der Waals surface area contributed by atoms with Crippen LogP contribution in [-0.4, -0.2) is 40.0 Å². The molecule has 3 heterocycles. The van der Waals surface area contributed by atoms with Crippen LogP contribution in [0, 0.1) is 17.2 Å². The molecule has 6 rings (SSSR count). The molecule has 8 heteroatoms. The molecule has 0 spiro atoms. The van der Waals surface area contributed by atoms with Crippen LogP contribution in [0.25, 0.3) is 22.5 Å². The lowest BCUT2D eigenvalue weighted by atomic mass is 9.99. The van der Waals surface area contributed by atoms with Crippen LogP contribution in [0.4, 0.5) is 0 Å². The van der Waals surface area contributed by atoms with Gasteiger partial charge in [-0.1, -0.05) is 18.2 Å². The molecule has 194 valence electrons. The van der Waals surface area contributed by atoms with Gasteiger partial charge in [-0.2, -0.15) is 5.26 Å². The second-order valence-corrected chi connectivity index (χ2v) is 10.1. The van der Waals surface area contributed by atoms with Crippen LogP contribution >= 0.6 is 0 Å². The summed E-state index contributed by atoms with van der Waals surface area (Å²) >= 11 is 0. The first kappa shape index (κ1) is 24.7. The molecule has 2 aromatic heterocycles. The second kappa shape index (κ2) is 10.3.